The van der Waals surface area contributed by atoms with Crippen LogP contribution in [0.1, 0.15) is 38.3 Å². The standard InChI is InChI=1S/C13H16Cl2N2/c1-2-3-4-5-6-11-9-17-8-10(14)7-12(15)13(17)16-11/h7-9H,2-6H2,1H3. The Morgan fingerprint density at radius 2 is 2.00 bits per heavy atom. The van der Waals surface area contributed by atoms with Gasteiger partial charge in [-0.3, -0.25) is 0 Å². The quantitative estimate of drug-likeness (QED) is 0.716. The van der Waals surface area contributed by atoms with Gasteiger partial charge in [-0.05, 0) is 18.9 Å². The van der Waals surface area contributed by atoms with Crippen molar-refractivity contribution in [2.75, 3.05) is 0 Å². The van der Waals surface area contributed by atoms with Crippen molar-refractivity contribution in [1.82, 2.24) is 9.38 Å². The highest BCUT2D eigenvalue weighted by atomic mass is 35.5. The van der Waals surface area contributed by atoms with Crippen LogP contribution in [0.3, 0.4) is 0 Å². The van der Waals surface area contributed by atoms with Gasteiger partial charge in [0.25, 0.3) is 0 Å². The molecule has 0 atom stereocenters. The van der Waals surface area contributed by atoms with Crippen molar-refractivity contribution in [2.45, 2.75) is 39.0 Å². The summed E-state index contributed by atoms with van der Waals surface area (Å²) >= 11 is 12.0. The van der Waals surface area contributed by atoms with Gasteiger partial charge in [0.15, 0.2) is 5.65 Å². The summed E-state index contributed by atoms with van der Waals surface area (Å²) in [6, 6.07) is 1.73. The summed E-state index contributed by atoms with van der Waals surface area (Å²) in [6.45, 7) is 2.21. The van der Waals surface area contributed by atoms with Crippen LogP contribution in [0.15, 0.2) is 18.5 Å². The molecular formula is C13H16Cl2N2. The number of unbranched alkanes of at least 4 members (excludes halogenated alkanes) is 3. The molecule has 0 saturated heterocycles. The average molecular weight is 271 g/mol. The van der Waals surface area contributed by atoms with Crippen molar-refractivity contribution in [3.05, 3.63) is 34.2 Å². The zero-order valence-corrected chi connectivity index (χ0v) is 11.4. The number of aromatic nitrogens is 2. The molecule has 0 spiro atoms. The number of nitrogens with zero attached hydrogens (tertiary/aromatic N) is 2. The Hall–Kier alpha value is -0.730. The lowest BCUT2D eigenvalue weighted by atomic mass is 10.1. The first-order valence-electron chi connectivity index (χ1n) is 6.03. The van der Waals surface area contributed by atoms with Crippen molar-refractivity contribution in [3.8, 4) is 0 Å². The predicted octanol–water partition coefficient (Wildman–Crippen LogP) is 4.76. The van der Waals surface area contributed by atoms with Gasteiger partial charge >= 0.3 is 0 Å². The van der Waals surface area contributed by atoms with E-state index >= 15 is 0 Å². The molecule has 4 heteroatoms. The van der Waals surface area contributed by atoms with Gasteiger partial charge in [0.2, 0.25) is 0 Å². The van der Waals surface area contributed by atoms with Crippen LogP contribution in [-0.4, -0.2) is 9.38 Å². The SMILES string of the molecule is CCCCCCc1cn2cc(Cl)cc(Cl)c2n1. The van der Waals surface area contributed by atoms with Crippen molar-refractivity contribution in [1.29, 1.82) is 0 Å². The van der Waals surface area contributed by atoms with E-state index in [2.05, 4.69) is 11.9 Å². The zero-order chi connectivity index (χ0) is 12.3. The summed E-state index contributed by atoms with van der Waals surface area (Å²) in [7, 11) is 0. The molecule has 0 unspecified atom stereocenters. The third-order valence-corrected chi connectivity index (χ3v) is 3.29. The van der Waals surface area contributed by atoms with E-state index in [1.54, 1.807) is 6.07 Å². The van der Waals surface area contributed by atoms with Crippen molar-refractivity contribution in [2.24, 2.45) is 0 Å². The highest BCUT2D eigenvalue weighted by Crippen LogP contribution is 2.22. The molecule has 0 amide bonds. The fourth-order valence-electron chi connectivity index (χ4n) is 1.93. The molecule has 2 heterocycles. The highest BCUT2D eigenvalue weighted by molar-refractivity contribution is 6.36. The molecular weight excluding hydrogens is 255 g/mol. The summed E-state index contributed by atoms with van der Waals surface area (Å²) in [5.41, 5.74) is 1.88. The molecule has 0 N–H and O–H groups in total. The van der Waals surface area contributed by atoms with Gasteiger partial charge in [0.05, 0.1) is 15.7 Å². The Balaban J connectivity index is 2.12. The zero-order valence-electron chi connectivity index (χ0n) is 9.92. The monoisotopic (exact) mass is 270 g/mol. The molecule has 0 aliphatic rings. The first-order valence-corrected chi connectivity index (χ1v) is 6.79. The Bertz CT molecular complexity index is 505. The topological polar surface area (TPSA) is 17.3 Å². The lowest BCUT2D eigenvalue weighted by Crippen LogP contribution is -1.85. The number of fused-ring (bicyclic) bond motifs is 1. The normalized spacial score (nSPS) is 11.2. The minimum Gasteiger partial charge on any atom is -0.304 e. The van der Waals surface area contributed by atoms with Crippen LogP contribution in [0, 0.1) is 0 Å². The molecule has 0 aliphatic heterocycles. The van der Waals surface area contributed by atoms with E-state index < -0.39 is 0 Å². The third kappa shape index (κ3) is 3.14. The molecule has 0 aromatic carbocycles. The van der Waals surface area contributed by atoms with Crippen LogP contribution in [0.5, 0.6) is 0 Å². The lowest BCUT2D eigenvalue weighted by Gasteiger charge is -1.95. The smallest absolute Gasteiger partial charge is 0.155 e. The van der Waals surface area contributed by atoms with Crippen LogP contribution in [0.2, 0.25) is 10.0 Å². The maximum atomic E-state index is 6.09. The van der Waals surface area contributed by atoms with Crippen molar-refractivity contribution in [3.63, 3.8) is 0 Å². The van der Waals surface area contributed by atoms with Gasteiger partial charge in [-0.25, -0.2) is 4.98 Å². The number of halogens is 2. The number of hydrogen-bond donors (Lipinski definition) is 0. The summed E-state index contributed by atoms with van der Waals surface area (Å²) in [5, 5.41) is 1.25. The van der Waals surface area contributed by atoms with Crippen LogP contribution >= 0.6 is 23.2 Å². The summed E-state index contributed by atoms with van der Waals surface area (Å²) in [4.78, 5) is 4.52. The molecule has 2 aromatic heterocycles. The second-order valence-corrected chi connectivity index (χ2v) is 5.12. The molecule has 92 valence electrons. The second kappa shape index (κ2) is 5.74. The van der Waals surface area contributed by atoms with Gasteiger partial charge < -0.3 is 4.40 Å². The van der Waals surface area contributed by atoms with Crippen molar-refractivity contribution >= 4 is 28.8 Å². The van der Waals surface area contributed by atoms with E-state index in [1.807, 2.05) is 16.8 Å². The molecule has 0 bridgehead atoms. The fourth-order valence-corrected chi connectivity index (χ4v) is 2.46. The third-order valence-electron chi connectivity index (χ3n) is 2.81. The minimum absolute atomic E-state index is 0.609. The number of pyridine rings is 1. The number of imidazole rings is 1. The number of rotatable bonds is 5. The second-order valence-electron chi connectivity index (χ2n) is 4.28. The first-order chi connectivity index (χ1) is 8.20. The van der Waals surface area contributed by atoms with Crippen LogP contribution in [-0.2, 0) is 6.42 Å². The molecule has 2 aromatic rings. The van der Waals surface area contributed by atoms with E-state index in [0.717, 1.165) is 17.8 Å². The Morgan fingerprint density at radius 3 is 2.76 bits per heavy atom. The van der Waals surface area contributed by atoms with Crippen LogP contribution in [0.4, 0.5) is 0 Å². The molecule has 0 fully saturated rings. The Kier molecular flexibility index (Phi) is 4.30. The predicted molar refractivity (Wildman–Crippen MR) is 73.1 cm³/mol. The fraction of sp³-hybridized carbons (Fsp3) is 0.462. The Labute approximate surface area is 112 Å². The lowest BCUT2D eigenvalue weighted by molar-refractivity contribution is 0.662. The highest BCUT2D eigenvalue weighted by Gasteiger charge is 2.06. The van der Waals surface area contributed by atoms with Gasteiger partial charge in [-0.15, -0.1) is 0 Å². The van der Waals surface area contributed by atoms with Gasteiger partial charge in [0, 0.05) is 12.4 Å². The van der Waals surface area contributed by atoms with Gasteiger partial charge in [-0.2, -0.15) is 0 Å². The summed E-state index contributed by atoms with van der Waals surface area (Å²) in [6.07, 6.45) is 9.86. The van der Waals surface area contributed by atoms with Crippen LogP contribution < -0.4 is 0 Å². The molecule has 0 radical (unpaired) electrons. The van der Waals surface area contributed by atoms with Crippen molar-refractivity contribution < 1.29 is 0 Å². The summed E-state index contributed by atoms with van der Waals surface area (Å²) < 4.78 is 1.90. The van der Waals surface area contributed by atoms with Crippen LogP contribution in [0.25, 0.3) is 5.65 Å². The average Bonchev–Trinajstić information content (AvgIpc) is 2.67. The van der Waals surface area contributed by atoms with E-state index in [4.69, 9.17) is 23.2 Å². The minimum atomic E-state index is 0.609. The van der Waals surface area contributed by atoms with Gasteiger partial charge in [-0.1, -0.05) is 49.4 Å². The molecule has 2 rings (SSSR count). The molecule has 0 saturated carbocycles. The largest absolute Gasteiger partial charge is 0.304 e. The molecule has 2 nitrogen and oxygen atoms in total. The maximum absolute atomic E-state index is 6.09. The number of aryl methyl sites for hydroxylation is 1. The first kappa shape index (κ1) is 12.7. The summed E-state index contributed by atoms with van der Waals surface area (Å²) in [5.74, 6) is 0. The van der Waals surface area contributed by atoms with E-state index in [9.17, 15) is 0 Å². The number of hydrogen-bond acceptors (Lipinski definition) is 1. The Morgan fingerprint density at radius 1 is 1.18 bits per heavy atom. The van der Waals surface area contributed by atoms with Gasteiger partial charge in [0.1, 0.15) is 0 Å². The van der Waals surface area contributed by atoms with E-state index in [-0.39, 0.29) is 0 Å². The maximum Gasteiger partial charge on any atom is 0.155 e. The molecule has 17 heavy (non-hydrogen) atoms. The van der Waals surface area contributed by atoms with E-state index in [0.29, 0.717) is 10.0 Å². The van der Waals surface area contributed by atoms with E-state index in [1.165, 1.54) is 25.7 Å². The molecule has 0 aliphatic carbocycles.